The third-order valence-corrected chi connectivity index (χ3v) is 5.42. The molecule has 4 rings (SSSR count). The summed E-state index contributed by atoms with van der Waals surface area (Å²) < 4.78 is 26.4. The molecular weight excluding hydrogens is 340 g/mol. The third-order valence-electron chi connectivity index (χ3n) is 3.76. The van der Waals surface area contributed by atoms with Gasteiger partial charge in [0, 0.05) is 6.07 Å². The van der Waals surface area contributed by atoms with Crippen LogP contribution in [0.4, 0.5) is 0 Å². The highest BCUT2D eigenvalue weighted by Crippen LogP contribution is 2.19. The quantitative estimate of drug-likeness (QED) is 0.607. The van der Waals surface area contributed by atoms with Crippen molar-refractivity contribution in [2.45, 2.75) is 9.92 Å². The van der Waals surface area contributed by atoms with Crippen LogP contribution in [0.5, 0.6) is 0 Å². The van der Waals surface area contributed by atoms with E-state index >= 15 is 0 Å². The lowest BCUT2D eigenvalue weighted by Crippen LogP contribution is -2.25. The van der Waals surface area contributed by atoms with E-state index in [1.54, 1.807) is 24.3 Å². The molecule has 0 radical (unpaired) electrons. The van der Waals surface area contributed by atoms with Crippen LogP contribution in [-0.2, 0) is 9.84 Å². The number of nitrogens with one attached hydrogen (secondary N) is 1. The molecule has 0 aliphatic carbocycles. The van der Waals surface area contributed by atoms with Crippen molar-refractivity contribution in [3.05, 3.63) is 77.1 Å². The largest absolute Gasteiger partial charge is 0.311 e. The van der Waals surface area contributed by atoms with Gasteiger partial charge in [-0.2, -0.15) is 4.52 Å². The van der Waals surface area contributed by atoms with Gasteiger partial charge in [-0.25, -0.2) is 8.42 Å². The lowest BCUT2D eigenvalue weighted by Gasteiger charge is -2.02. The number of benzene rings is 2. The lowest BCUT2D eigenvalue weighted by atomic mass is 10.2. The number of hydrogen-bond donors (Lipinski definition) is 1. The Morgan fingerprint density at radius 1 is 0.880 bits per heavy atom. The van der Waals surface area contributed by atoms with E-state index < -0.39 is 20.4 Å². The second-order valence-corrected chi connectivity index (χ2v) is 7.22. The molecule has 0 amide bonds. The Labute approximate surface area is 142 Å². The van der Waals surface area contributed by atoms with Gasteiger partial charge in [-0.3, -0.25) is 9.89 Å². The maximum atomic E-state index is 12.6. The van der Waals surface area contributed by atoms with Gasteiger partial charge in [0.05, 0.1) is 10.6 Å². The van der Waals surface area contributed by atoms with Crippen molar-refractivity contribution in [2.75, 3.05) is 0 Å². The number of fused-ring (bicyclic) bond motifs is 1. The molecule has 8 heteroatoms. The third kappa shape index (κ3) is 2.52. The Morgan fingerprint density at radius 3 is 2.20 bits per heavy atom. The SMILES string of the molecule is O=c1c(S(=O)(=O)c2ccccc2)nnc2cc(-c3ccccc3)[nH]n12. The summed E-state index contributed by atoms with van der Waals surface area (Å²) in [6.07, 6.45) is 0. The Kier molecular flexibility index (Phi) is 3.47. The minimum Gasteiger partial charge on any atom is -0.289 e. The highest BCUT2D eigenvalue weighted by atomic mass is 32.2. The molecule has 0 saturated carbocycles. The normalized spacial score (nSPS) is 11.7. The lowest BCUT2D eigenvalue weighted by molar-refractivity contribution is 0.585. The molecule has 4 aromatic rings. The summed E-state index contributed by atoms with van der Waals surface area (Å²) in [5.41, 5.74) is 0.966. The van der Waals surface area contributed by atoms with Crippen LogP contribution in [-0.4, -0.2) is 28.2 Å². The summed E-state index contributed by atoms with van der Waals surface area (Å²) in [5, 5.41) is 9.82. The molecule has 2 heterocycles. The van der Waals surface area contributed by atoms with E-state index in [9.17, 15) is 13.2 Å². The number of rotatable bonds is 3. The van der Waals surface area contributed by atoms with Crippen LogP contribution in [0.25, 0.3) is 16.9 Å². The Balaban J connectivity index is 1.91. The molecule has 1 N–H and O–H groups in total. The maximum Gasteiger partial charge on any atom is 0.311 e. The van der Waals surface area contributed by atoms with Crippen LogP contribution >= 0.6 is 0 Å². The van der Waals surface area contributed by atoms with Crippen molar-refractivity contribution in [3.8, 4) is 11.3 Å². The molecule has 0 spiro atoms. The first-order valence-electron chi connectivity index (χ1n) is 7.41. The number of H-pyrrole nitrogens is 1. The molecule has 124 valence electrons. The average Bonchev–Trinajstić information content (AvgIpc) is 3.09. The van der Waals surface area contributed by atoms with Crippen molar-refractivity contribution in [1.29, 1.82) is 0 Å². The van der Waals surface area contributed by atoms with Gasteiger partial charge < -0.3 is 0 Å². The summed E-state index contributed by atoms with van der Waals surface area (Å²) in [4.78, 5) is 12.6. The number of nitrogens with zero attached hydrogens (tertiary/aromatic N) is 3. The minimum absolute atomic E-state index is 0.00353. The predicted octanol–water partition coefficient (Wildman–Crippen LogP) is 1.92. The van der Waals surface area contributed by atoms with E-state index in [0.717, 1.165) is 10.1 Å². The molecule has 0 unspecified atom stereocenters. The maximum absolute atomic E-state index is 12.6. The highest BCUT2D eigenvalue weighted by molar-refractivity contribution is 7.91. The van der Waals surface area contributed by atoms with Gasteiger partial charge in [0.2, 0.25) is 14.9 Å². The molecule has 0 aliphatic heterocycles. The van der Waals surface area contributed by atoms with E-state index in [4.69, 9.17) is 0 Å². The second kappa shape index (κ2) is 5.67. The Morgan fingerprint density at radius 2 is 1.52 bits per heavy atom. The molecule has 0 aliphatic rings. The molecule has 2 aromatic carbocycles. The molecular formula is C17H12N4O3S. The monoisotopic (exact) mass is 352 g/mol. The van der Waals surface area contributed by atoms with E-state index in [-0.39, 0.29) is 10.5 Å². The number of aromatic amines is 1. The van der Waals surface area contributed by atoms with E-state index in [1.165, 1.54) is 12.1 Å². The number of aromatic nitrogens is 4. The summed E-state index contributed by atoms with van der Waals surface area (Å²) in [6.45, 7) is 0. The summed E-state index contributed by atoms with van der Waals surface area (Å²) in [5.74, 6) is 0. The first-order valence-corrected chi connectivity index (χ1v) is 8.90. The van der Waals surface area contributed by atoms with Crippen molar-refractivity contribution in [3.63, 3.8) is 0 Å². The Hall–Kier alpha value is -3.26. The zero-order chi connectivity index (χ0) is 17.4. The van der Waals surface area contributed by atoms with Crippen LogP contribution < -0.4 is 5.56 Å². The van der Waals surface area contributed by atoms with Crippen molar-refractivity contribution in [1.82, 2.24) is 19.8 Å². The van der Waals surface area contributed by atoms with Gasteiger partial charge in [-0.15, -0.1) is 10.2 Å². The molecule has 2 aromatic heterocycles. The number of hydrogen-bond acceptors (Lipinski definition) is 5. The van der Waals surface area contributed by atoms with Crippen molar-refractivity contribution >= 4 is 15.5 Å². The predicted molar refractivity (Wildman–Crippen MR) is 90.9 cm³/mol. The molecule has 0 bridgehead atoms. The molecule has 7 nitrogen and oxygen atoms in total. The van der Waals surface area contributed by atoms with Gasteiger partial charge in [-0.05, 0) is 17.7 Å². The van der Waals surface area contributed by atoms with Crippen LogP contribution in [0.3, 0.4) is 0 Å². The first-order chi connectivity index (χ1) is 12.1. The smallest absolute Gasteiger partial charge is 0.289 e. The van der Waals surface area contributed by atoms with E-state index in [2.05, 4.69) is 15.3 Å². The standard InChI is InChI=1S/C17H12N4O3S/c22-17-16(25(23,24)13-9-5-2-6-10-13)19-18-15-11-14(20-21(15)17)12-7-3-1-4-8-12/h1-11,20H. The molecule has 0 atom stereocenters. The fourth-order valence-corrected chi connectivity index (χ4v) is 3.72. The second-order valence-electron chi connectivity index (χ2n) is 5.36. The van der Waals surface area contributed by atoms with Gasteiger partial charge >= 0.3 is 5.56 Å². The zero-order valence-electron chi connectivity index (χ0n) is 12.8. The average molecular weight is 352 g/mol. The highest BCUT2D eigenvalue weighted by Gasteiger charge is 2.25. The Bertz CT molecular complexity index is 1210. The topological polar surface area (TPSA) is 97.2 Å². The summed E-state index contributed by atoms with van der Waals surface area (Å²) in [7, 11) is -4.04. The zero-order valence-corrected chi connectivity index (χ0v) is 13.6. The van der Waals surface area contributed by atoms with Gasteiger partial charge in [0.15, 0.2) is 5.65 Å². The summed E-state index contributed by atoms with van der Waals surface area (Å²) >= 11 is 0. The van der Waals surface area contributed by atoms with Crippen LogP contribution in [0, 0.1) is 0 Å². The molecule has 25 heavy (non-hydrogen) atoms. The fraction of sp³-hybridized carbons (Fsp3) is 0. The van der Waals surface area contributed by atoms with Gasteiger partial charge in [-0.1, -0.05) is 48.5 Å². The van der Waals surface area contributed by atoms with Crippen LogP contribution in [0.15, 0.2) is 81.4 Å². The first kappa shape index (κ1) is 15.3. The van der Waals surface area contributed by atoms with Crippen molar-refractivity contribution in [2.24, 2.45) is 0 Å². The van der Waals surface area contributed by atoms with Crippen LogP contribution in [0.1, 0.15) is 0 Å². The number of sulfone groups is 1. The van der Waals surface area contributed by atoms with Gasteiger partial charge in [0.1, 0.15) is 0 Å². The summed E-state index contributed by atoms with van der Waals surface area (Å²) in [6, 6.07) is 18.7. The van der Waals surface area contributed by atoms with Gasteiger partial charge in [0.25, 0.3) is 0 Å². The minimum atomic E-state index is -4.04. The van der Waals surface area contributed by atoms with E-state index in [1.807, 2.05) is 30.3 Å². The fourth-order valence-electron chi connectivity index (χ4n) is 2.51. The van der Waals surface area contributed by atoms with Crippen LogP contribution in [0.2, 0.25) is 0 Å². The van der Waals surface area contributed by atoms with Crippen molar-refractivity contribution < 1.29 is 8.42 Å². The molecule has 0 saturated heterocycles. The van der Waals surface area contributed by atoms with E-state index in [0.29, 0.717) is 5.69 Å². The molecule has 0 fully saturated rings.